The molecule has 1 atom stereocenters. The minimum atomic E-state index is -0.243. The first-order valence-electron chi connectivity index (χ1n) is 9.77. The lowest BCUT2D eigenvalue weighted by molar-refractivity contribution is -0.117. The Hall–Kier alpha value is -3.22. The van der Waals surface area contributed by atoms with E-state index in [1.165, 1.54) is 0 Å². The first-order chi connectivity index (χ1) is 14.1. The zero-order valence-electron chi connectivity index (χ0n) is 16.8. The SMILES string of the molecule is CCOc1ccc(N2CC(CNC(=O)NCc3ccc(OC)cc3)CC2=O)cc1. The van der Waals surface area contributed by atoms with E-state index in [0.29, 0.717) is 32.7 Å². The fraction of sp³-hybridized carbons (Fsp3) is 0.364. The van der Waals surface area contributed by atoms with Gasteiger partial charge in [-0.05, 0) is 48.9 Å². The number of amides is 3. The first kappa shape index (κ1) is 20.5. The fourth-order valence-corrected chi connectivity index (χ4v) is 3.28. The molecule has 29 heavy (non-hydrogen) atoms. The van der Waals surface area contributed by atoms with E-state index in [1.54, 1.807) is 12.0 Å². The van der Waals surface area contributed by atoms with Gasteiger partial charge in [0, 0.05) is 37.7 Å². The van der Waals surface area contributed by atoms with Crippen molar-refractivity contribution in [1.29, 1.82) is 0 Å². The van der Waals surface area contributed by atoms with Crippen LogP contribution in [0, 0.1) is 5.92 Å². The quantitative estimate of drug-likeness (QED) is 0.718. The Labute approximate surface area is 171 Å². The van der Waals surface area contributed by atoms with E-state index < -0.39 is 0 Å². The number of nitrogens with zero attached hydrogens (tertiary/aromatic N) is 1. The number of urea groups is 1. The predicted octanol–water partition coefficient (Wildman–Crippen LogP) is 2.95. The van der Waals surface area contributed by atoms with Crippen LogP contribution in [0.4, 0.5) is 10.5 Å². The number of benzene rings is 2. The van der Waals surface area contributed by atoms with Crippen LogP contribution in [0.25, 0.3) is 0 Å². The molecule has 1 fully saturated rings. The lowest BCUT2D eigenvalue weighted by Gasteiger charge is -2.17. The van der Waals surface area contributed by atoms with Crippen LogP contribution in [0.3, 0.4) is 0 Å². The van der Waals surface area contributed by atoms with E-state index in [-0.39, 0.29) is 17.9 Å². The molecule has 0 aromatic heterocycles. The average molecular weight is 397 g/mol. The van der Waals surface area contributed by atoms with E-state index in [2.05, 4.69) is 10.6 Å². The molecule has 0 saturated carbocycles. The second-order valence-electron chi connectivity index (χ2n) is 6.91. The van der Waals surface area contributed by atoms with Gasteiger partial charge in [-0.3, -0.25) is 4.79 Å². The van der Waals surface area contributed by atoms with E-state index in [9.17, 15) is 9.59 Å². The van der Waals surface area contributed by atoms with Gasteiger partial charge in [-0.25, -0.2) is 4.79 Å². The van der Waals surface area contributed by atoms with Crippen molar-refractivity contribution in [3.05, 3.63) is 54.1 Å². The topological polar surface area (TPSA) is 79.9 Å². The lowest BCUT2D eigenvalue weighted by atomic mass is 10.1. The summed E-state index contributed by atoms with van der Waals surface area (Å²) in [6, 6.07) is 14.8. The highest BCUT2D eigenvalue weighted by Crippen LogP contribution is 2.26. The molecule has 1 saturated heterocycles. The summed E-state index contributed by atoms with van der Waals surface area (Å²) >= 11 is 0. The van der Waals surface area contributed by atoms with E-state index in [1.807, 2.05) is 55.5 Å². The molecule has 1 heterocycles. The maximum atomic E-state index is 12.4. The fourth-order valence-electron chi connectivity index (χ4n) is 3.28. The minimum absolute atomic E-state index is 0.0691. The number of anilines is 1. The maximum Gasteiger partial charge on any atom is 0.315 e. The molecule has 2 N–H and O–H groups in total. The van der Waals surface area contributed by atoms with Crippen molar-refractivity contribution in [2.75, 3.05) is 31.7 Å². The Bertz CT molecular complexity index is 821. The van der Waals surface area contributed by atoms with Crippen molar-refractivity contribution in [2.45, 2.75) is 19.9 Å². The molecule has 1 aliphatic rings. The lowest BCUT2D eigenvalue weighted by Crippen LogP contribution is -2.38. The number of ether oxygens (including phenoxy) is 2. The standard InChI is InChI=1S/C22H27N3O4/c1-3-29-20-10-6-18(7-11-20)25-15-17(12-21(25)26)14-24-22(27)23-13-16-4-8-19(28-2)9-5-16/h4-11,17H,3,12-15H2,1-2H3,(H2,23,24,27). The van der Waals surface area contributed by atoms with E-state index >= 15 is 0 Å². The summed E-state index contributed by atoms with van der Waals surface area (Å²) in [5.41, 5.74) is 1.84. The van der Waals surface area contributed by atoms with Crippen molar-refractivity contribution >= 4 is 17.6 Å². The summed E-state index contributed by atoms with van der Waals surface area (Å²) in [6.07, 6.45) is 0.423. The van der Waals surface area contributed by atoms with Gasteiger partial charge in [0.1, 0.15) is 11.5 Å². The molecule has 2 aromatic rings. The van der Waals surface area contributed by atoms with Crippen LogP contribution in [0.2, 0.25) is 0 Å². The zero-order valence-corrected chi connectivity index (χ0v) is 16.8. The van der Waals surface area contributed by atoms with Crippen LogP contribution in [-0.4, -0.2) is 38.7 Å². The largest absolute Gasteiger partial charge is 0.497 e. The Morgan fingerprint density at radius 2 is 1.76 bits per heavy atom. The molecule has 7 heteroatoms. The highest BCUT2D eigenvalue weighted by atomic mass is 16.5. The number of nitrogens with one attached hydrogen (secondary N) is 2. The normalized spacial score (nSPS) is 15.9. The van der Waals surface area contributed by atoms with Crippen molar-refractivity contribution in [3.63, 3.8) is 0 Å². The molecule has 1 aliphatic heterocycles. The molecule has 3 amide bonds. The summed E-state index contributed by atoms with van der Waals surface area (Å²) in [6.45, 7) is 4.01. The monoisotopic (exact) mass is 397 g/mol. The van der Waals surface area contributed by atoms with Gasteiger partial charge in [-0.1, -0.05) is 12.1 Å². The van der Waals surface area contributed by atoms with E-state index in [4.69, 9.17) is 9.47 Å². The van der Waals surface area contributed by atoms with Gasteiger partial charge in [-0.2, -0.15) is 0 Å². The van der Waals surface area contributed by atoms with Crippen molar-refractivity contribution in [2.24, 2.45) is 5.92 Å². The van der Waals surface area contributed by atoms with Crippen molar-refractivity contribution in [1.82, 2.24) is 10.6 Å². The van der Waals surface area contributed by atoms with Crippen molar-refractivity contribution in [3.8, 4) is 11.5 Å². The number of carbonyl (C=O) groups excluding carboxylic acids is 2. The third-order valence-corrected chi connectivity index (χ3v) is 4.83. The molecule has 154 valence electrons. The van der Waals surface area contributed by atoms with Crippen LogP contribution in [0.5, 0.6) is 11.5 Å². The predicted molar refractivity (Wildman–Crippen MR) is 111 cm³/mol. The third kappa shape index (κ3) is 5.63. The van der Waals surface area contributed by atoms with Gasteiger partial charge in [0.05, 0.1) is 13.7 Å². The molecular weight excluding hydrogens is 370 g/mol. The van der Waals surface area contributed by atoms with Gasteiger partial charge >= 0.3 is 6.03 Å². The molecule has 7 nitrogen and oxygen atoms in total. The second-order valence-corrected chi connectivity index (χ2v) is 6.91. The molecule has 0 spiro atoms. The van der Waals surface area contributed by atoms with Crippen LogP contribution >= 0.6 is 0 Å². The zero-order chi connectivity index (χ0) is 20.6. The van der Waals surface area contributed by atoms with Gasteiger partial charge in [0.2, 0.25) is 5.91 Å². The first-order valence-corrected chi connectivity index (χ1v) is 9.77. The third-order valence-electron chi connectivity index (χ3n) is 4.83. The Kier molecular flexibility index (Phi) is 6.94. The van der Waals surface area contributed by atoms with Crippen molar-refractivity contribution < 1.29 is 19.1 Å². The van der Waals surface area contributed by atoms with Gasteiger partial charge in [-0.15, -0.1) is 0 Å². The molecule has 3 rings (SSSR count). The summed E-state index contributed by atoms with van der Waals surface area (Å²) in [4.78, 5) is 26.2. The molecule has 0 radical (unpaired) electrons. The second kappa shape index (κ2) is 9.82. The van der Waals surface area contributed by atoms with E-state index in [0.717, 1.165) is 22.7 Å². The number of methoxy groups -OCH3 is 1. The molecular formula is C22H27N3O4. The molecule has 1 unspecified atom stereocenters. The molecule has 0 bridgehead atoms. The summed E-state index contributed by atoms with van der Waals surface area (Å²) in [5, 5.41) is 5.69. The number of carbonyl (C=O) groups is 2. The number of hydrogen-bond acceptors (Lipinski definition) is 4. The number of hydrogen-bond donors (Lipinski definition) is 2. The smallest absolute Gasteiger partial charge is 0.315 e. The molecule has 2 aromatic carbocycles. The Morgan fingerprint density at radius 3 is 2.41 bits per heavy atom. The molecule has 0 aliphatic carbocycles. The highest BCUT2D eigenvalue weighted by molar-refractivity contribution is 5.95. The van der Waals surface area contributed by atoms with Crippen LogP contribution < -0.4 is 25.0 Å². The number of rotatable bonds is 8. The summed E-state index contributed by atoms with van der Waals surface area (Å²) < 4.78 is 10.6. The highest BCUT2D eigenvalue weighted by Gasteiger charge is 2.30. The van der Waals surface area contributed by atoms with Crippen LogP contribution in [-0.2, 0) is 11.3 Å². The Balaban J connectivity index is 1.43. The van der Waals surface area contributed by atoms with Gasteiger partial charge in [0.25, 0.3) is 0 Å². The Morgan fingerprint density at radius 1 is 1.07 bits per heavy atom. The average Bonchev–Trinajstić information content (AvgIpc) is 3.12. The summed E-state index contributed by atoms with van der Waals surface area (Å²) in [5.74, 6) is 1.72. The maximum absolute atomic E-state index is 12.4. The van der Waals surface area contributed by atoms with Gasteiger partial charge < -0.3 is 25.0 Å². The summed E-state index contributed by atoms with van der Waals surface area (Å²) in [7, 11) is 1.62. The van der Waals surface area contributed by atoms with Crippen LogP contribution in [0.15, 0.2) is 48.5 Å². The van der Waals surface area contributed by atoms with Crippen LogP contribution in [0.1, 0.15) is 18.9 Å². The minimum Gasteiger partial charge on any atom is -0.497 e. The van der Waals surface area contributed by atoms with Gasteiger partial charge in [0.15, 0.2) is 0 Å².